The van der Waals surface area contributed by atoms with Gasteiger partial charge in [-0.2, -0.15) is 0 Å². The van der Waals surface area contributed by atoms with Gasteiger partial charge >= 0.3 is 0 Å². The summed E-state index contributed by atoms with van der Waals surface area (Å²) >= 11 is 0. The molecular formula is C18H25N7O5. The molecule has 3 heterocycles. The van der Waals surface area contributed by atoms with Crippen molar-refractivity contribution in [1.82, 2.24) is 35.7 Å². The maximum atomic E-state index is 13.2. The molecule has 1 aromatic rings. The molecule has 4 N–H and O–H groups in total. The fourth-order valence-corrected chi connectivity index (χ4v) is 3.65. The zero-order valence-electron chi connectivity index (χ0n) is 16.6. The molecule has 3 rings (SSSR count). The summed E-state index contributed by atoms with van der Waals surface area (Å²) in [6, 6.07) is -1.53. The number of amides is 5. The summed E-state index contributed by atoms with van der Waals surface area (Å²) < 4.78 is 0. The Balaban J connectivity index is 1.71. The fourth-order valence-electron chi connectivity index (χ4n) is 3.65. The van der Waals surface area contributed by atoms with Crippen molar-refractivity contribution in [3.8, 4) is 0 Å². The van der Waals surface area contributed by atoms with Gasteiger partial charge in [0.1, 0.15) is 25.2 Å². The van der Waals surface area contributed by atoms with Crippen LogP contribution in [0.5, 0.6) is 0 Å². The highest BCUT2D eigenvalue weighted by atomic mass is 16.2. The number of nitrogens with zero attached hydrogens (tertiary/aromatic N) is 3. The second-order valence-corrected chi connectivity index (χ2v) is 7.23. The second kappa shape index (κ2) is 9.37. The zero-order valence-corrected chi connectivity index (χ0v) is 16.6. The van der Waals surface area contributed by atoms with Crippen molar-refractivity contribution < 1.29 is 24.0 Å². The SMILES string of the molecule is CNC(=O)[C@@H]1CCCN1C(=O)[C@H](Cc1cnc[nH]1)NC(=O)CN1CC(=O)NCC1=O. The molecule has 0 bridgehead atoms. The Morgan fingerprint density at radius 1 is 1.33 bits per heavy atom. The quantitative estimate of drug-likeness (QED) is 0.372. The Labute approximate surface area is 172 Å². The van der Waals surface area contributed by atoms with Crippen LogP contribution in [0.25, 0.3) is 0 Å². The van der Waals surface area contributed by atoms with Crippen molar-refractivity contribution in [2.75, 3.05) is 33.2 Å². The normalized spacial score (nSPS) is 20.0. The summed E-state index contributed by atoms with van der Waals surface area (Å²) in [6.07, 6.45) is 4.40. The van der Waals surface area contributed by atoms with Crippen LogP contribution in [0.4, 0.5) is 0 Å². The van der Waals surface area contributed by atoms with Crippen LogP contribution in [0.3, 0.4) is 0 Å². The number of carbonyl (C=O) groups excluding carboxylic acids is 5. The Kier molecular flexibility index (Phi) is 6.65. The minimum absolute atomic E-state index is 0.149. The summed E-state index contributed by atoms with van der Waals surface area (Å²) in [5, 5.41) is 7.63. The highest BCUT2D eigenvalue weighted by molar-refractivity contribution is 5.96. The van der Waals surface area contributed by atoms with E-state index >= 15 is 0 Å². The van der Waals surface area contributed by atoms with Gasteiger partial charge in [0.2, 0.25) is 29.5 Å². The number of likely N-dealkylation sites (tertiary alicyclic amines) is 1. The largest absolute Gasteiger partial charge is 0.357 e. The van der Waals surface area contributed by atoms with Crippen molar-refractivity contribution in [2.24, 2.45) is 0 Å². The van der Waals surface area contributed by atoms with Gasteiger partial charge in [-0.1, -0.05) is 0 Å². The average molecular weight is 419 g/mol. The number of carbonyl (C=O) groups is 5. The fraction of sp³-hybridized carbons (Fsp3) is 0.556. The molecule has 0 saturated carbocycles. The molecule has 2 saturated heterocycles. The number of aromatic amines is 1. The molecule has 2 fully saturated rings. The van der Waals surface area contributed by atoms with E-state index in [9.17, 15) is 24.0 Å². The monoisotopic (exact) mass is 419 g/mol. The van der Waals surface area contributed by atoms with E-state index in [1.807, 2.05) is 0 Å². The first-order valence-electron chi connectivity index (χ1n) is 9.72. The number of piperazine rings is 1. The predicted octanol–water partition coefficient (Wildman–Crippen LogP) is -2.87. The third kappa shape index (κ3) is 4.93. The highest BCUT2D eigenvalue weighted by Gasteiger charge is 2.37. The Morgan fingerprint density at radius 2 is 2.13 bits per heavy atom. The Hall–Kier alpha value is -3.44. The standard InChI is InChI=1S/C18H25N7O5/c1-19-17(29)13-3-2-4-25(13)18(30)12(5-11-6-20-10-22-11)23-15(27)9-24-8-14(26)21-7-16(24)28/h6,10,12-13H,2-5,7-9H2,1H3,(H,19,29)(H,20,22)(H,21,26)(H,23,27)/t12-,13-/m0/s1. The molecule has 0 aliphatic carbocycles. The third-order valence-electron chi connectivity index (χ3n) is 5.16. The van der Waals surface area contributed by atoms with Crippen molar-refractivity contribution >= 4 is 29.5 Å². The number of hydrogen-bond donors (Lipinski definition) is 4. The molecule has 162 valence electrons. The molecule has 0 aromatic carbocycles. The minimum Gasteiger partial charge on any atom is -0.357 e. The van der Waals surface area contributed by atoms with Crippen LogP contribution < -0.4 is 16.0 Å². The van der Waals surface area contributed by atoms with Crippen molar-refractivity contribution in [3.05, 3.63) is 18.2 Å². The average Bonchev–Trinajstić information content (AvgIpc) is 3.41. The van der Waals surface area contributed by atoms with E-state index < -0.39 is 18.0 Å². The summed E-state index contributed by atoms with van der Waals surface area (Å²) in [6.45, 7) is -0.296. The highest BCUT2D eigenvalue weighted by Crippen LogP contribution is 2.19. The van der Waals surface area contributed by atoms with Gasteiger partial charge in [-0.3, -0.25) is 24.0 Å². The van der Waals surface area contributed by atoms with Crippen LogP contribution in [-0.2, 0) is 30.4 Å². The molecule has 12 heteroatoms. The second-order valence-electron chi connectivity index (χ2n) is 7.23. The number of nitrogens with one attached hydrogen (secondary N) is 4. The van der Waals surface area contributed by atoms with E-state index in [2.05, 4.69) is 25.9 Å². The van der Waals surface area contributed by atoms with Gasteiger partial charge in [0, 0.05) is 31.9 Å². The summed E-state index contributed by atoms with van der Waals surface area (Å²) in [7, 11) is 1.51. The molecule has 2 aliphatic rings. The van der Waals surface area contributed by atoms with Gasteiger partial charge < -0.3 is 30.7 Å². The number of rotatable bonds is 7. The number of hydrogen-bond acceptors (Lipinski definition) is 6. The number of aromatic nitrogens is 2. The molecular weight excluding hydrogens is 394 g/mol. The number of likely N-dealkylation sites (N-methyl/N-ethyl adjacent to an activating group) is 1. The lowest BCUT2D eigenvalue weighted by Gasteiger charge is -2.30. The van der Waals surface area contributed by atoms with Crippen LogP contribution in [0.15, 0.2) is 12.5 Å². The topological polar surface area (TPSA) is 157 Å². The predicted molar refractivity (Wildman–Crippen MR) is 103 cm³/mol. The minimum atomic E-state index is -0.947. The van der Waals surface area contributed by atoms with Crippen molar-refractivity contribution in [2.45, 2.75) is 31.3 Å². The van der Waals surface area contributed by atoms with Crippen LogP contribution in [0.2, 0.25) is 0 Å². The van der Waals surface area contributed by atoms with E-state index in [0.29, 0.717) is 25.1 Å². The molecule has 2 aliphatic heterocycles. The number of H-pyrrole nitrogens is 1. The molecule has 1 aromatic heterocycles. The van der Waals surface area contributed by atoms with Crippen LogP contribution in [0.1, 0.15) is 18.5 Å². The molecule has 30 heavy (non-hydrogen) atoms. The summed E-state index contributed by atoms with van der Waals surface area (Å²) in [5.74, 6) is -1.92. The van der Waals surface area contributed by atoms with Gasteiger partial charge in [0.25, 0.3) is 0 Å². The van der Waals surface area contributed by atoms with E-state index in [0.717, 1.165) is 4.90 Å². The van der Waals surface area contributed by atoms with Crippen LogP contribution in [0, 0.1) is 0 Å². The van der Waals surface area contributed by atoms with Crippen LogP contribution in [-0.4, -0.2) is 94.6 Å². The van der Waals surface area contributed by atoms with Crippen molar-refractivity contribution in [1.29, 1.82) is 0 Å². The maximum absolute atomic E-state index is 13.2. The molecule has 12 nitrogen and oxygen atoms in total. The van der Waals surface area contributed by atoms with E-state index in [4.69, 9.17) is 0 Å². The Bertz CT molecular complexity index is 825. The molecule has 2 atom stereocenters. The lowest BCUT2D eigenvalue weighted by molar-refractivity contribution is -0.144. The smallest absolute Gasteiger partial charge is 0.246 e. The van der Waals surface area contributed by atoms with Gasteiger partial charge in [-0.25, -0.2) is 4.98 Å². The lowest BCUT2D eigenvalue weighted by Crippen LogP contribution is -2.57. The summed E-state index contributed by atoms with van der Waals surface area (Å²) in [5.41, 5.74) is 0.637. The first-order valence-corrected chi connectivity index (χ1v) is 9.72. The van der Waals surface area contributed by atoms with Gasteiger partial charge in [0.15, 0.2) is 0 Å². The first kappa shape index (κ1) is 21.3. The maximum Gasteiger partial charge on any atom is 0.246 e. The summed E-state index contributed by atoms with van der Waals surface area (Å²) in [4.78, 5) is 70.7. The van der Waals surface area contributed by atoms with E-state index in [1.165, 1.54) is 18.3 Å². The van der Waals surface area contributed by atoms with Gasteiger partial charge in [0.05, 0.1) is 12.9 Å². The number of imidazole rings is 1. The van der Waals surface area contributed by atoms with E-state index in [-0.39, 0.29) is 49.7 Å². The molecule has 0 spiro atoms. The molecule has 0 radical (unpaired) electrons. The zero-order chi connectivity index (χ0) is 21.7. The molecule has 0 unspecified atom stereocenters. The Morgan fingerprint density at radius 3 is 2.83 bits per heavy atom. The van der Waals surface area contributed by atoms with Gasteiger partial charge in [-0.05, 0) is 12.8 Å². The lowest BCUT2D eigenvalue weighted by atomic mass is 10.1. The van der Waals surface area contributed by atoms with Gasteiger partial charge in [-0.15, -0.1) is 0 Å². The third-order valence-corrected chi connectivity index (χ3v) is 5.16. The molecule has 5 amide bonds. The van der Waals surface area contributed by atoms with Crippen molar-refractivity contribution in [3.63, 3.8) is 0 Å². The van der Waals surface area contributed by atoms with Crippen LogP contribution >= 0.6 is 0 Å². The first-order chi connectivity index (χ1) is 14.4. The van der Waals surface area contributed by atoms with E-state index in [1.54, 1.807) is 6.20 Å².